The van der Waals surface area contributed by atoms with E-state index >= 15 is 0 Å². The maximum atomic E-state index is 13.3. The molecule has 1 aromatic heterocycles. The average Bonchev–Trinajstić information content (AvgIpc) is 3.34. The number of hydrogen-bond acceptors (Lipinski definition) is 5. The predicted octanol–water partition coefficient (Wildman–Crippen LogP) is 4.30. The van der Waals surface area contributed by atoms with Crippen molar-refractivity contribution in [1.82, 2.24) is 5.32 Å². The third-order valence-corrected chi connectivity index (χ3v) is 7.11. The maximum Gasteiger partial charge on any atom is 0.286 e. The van der Waals surface area contributed by atoms with Gasteiger partial charge in [-0.2, -0.15) is 0 Å². The maximum absolute atomic E-state index is 13.3. The molecule has 0 aliphatic heterocycles. The molecule has 2 amide bonds. The molecule has 3 aromatic rings. The highest BCUT2D eigenvalue weighted by atomic mass is 35.5. The lowest BCUT2D eigenvalue weighted by Crippen LogP contribution is -2.31. The first-order chi connectivity index (χ1) is 15.8. The lowest BCUT2D eigenvalue weighted by atomic mass is 10.2. The highest BCUT2D eigenvalue weighted by molar-refractivity contribution is 7.93. The molecule has 0 fully saturated rings. The quantitative estimate of drug-likeness (QED) is 0.413. The molecule has 0 unspecified atom stereocenters. The molecular weight excluding hydrogens is 466 g/mol. The number of carbonyl (C=O) groups excluding carboxylic acids is 2. The normalized spacial score (nSPS) is 11.1. The van der Waals surface area contributed by atoms with Gasteiger partial charge < -0.3 is 15.1 Å². The number of carbonyl (C=O) groups is 2. The number of hydrogen-bond donors (Lipinski definition) is 2. The Morgan fingerprint density at radius 3 is 2.48 bits per heavy atom. The molecule has 0 saturated heterocycles. The number of anilines is 2. The number of nitrogens with zero attached hydrogens (tertiary/aromatic N) is 1. The molecule has 2 aromatic carbocycles. The van der Waals surface area contributed by atoms with E-state index in [9.17, 15) is 18.0 Å². The predicted molar refractivity (Wildman–Crippen MR) is 127 cm³/mol. The van der Waals surface area contributed by atoms with E-state index in [1.54, 1.807) is 49.4 Å². The van der Waals surface area contributed by atoms with Gasteiger partial charge >= 0.3 is 0 Å². The topological polar surface area (TPSA) is 109 Å². The van der Waals surface area contributed by atoms with Crippen molar-refractivity contribution in [3.63, 3.8) is 0 Å². The lowest BCUT2D eigenvalue weighted by Gasteiger charge is -2.23. The summed E-state index contributed by atoms with van der Waals surface area (Å²) in [5.74, 6) is -0.471. The van der Waals surface area contributed by atoms with Crippen LogP contribution in [0.1, 0.15) is 30.3 Å². The Balaban J connectivity index is 1.63. The Labute approximate surface area is 197 Å². The Hall–Kier alpha value is -3.30. The molecule has 0 radical (unpaired) electrons. The Morgan fingerprint density at radius 2 is 1.82 bits per heavy atom. The number of furan rings is 1. The van der Waals surface area contributed by atoms with Crippen LogP contribution in [0.2, 0.25) is 5.02 Å². The summed E-state index contributed by atoms with van der Waals surface area (Å²) in [6, 6.07) is 16.2. The number of sulfonamides is 1. The van der Waals surface area contributed by atoms with Crippen molar-refractivity contribution in [2.45, 2.75) is 24.7 Å². The molecule has 33 heavy (non-hydrogen) atoms. The average molecular weight is 490 g/mol. The van der Waals surface area contributed by atoms with Gasteiger partial charge in [0.15, 0.2) is 5.76 Å². The summed E-state index contributed by atoms with van der Waals surface area (Å²) in [5.41, 5.74) is 0.828. The smallest absolute Gasteiger partial charge is 0.286 e. The van der Waals surface area contributed by atoms with Gasteiger partial charge in [-0.3, -0.25) is 13.9 Å². The first kappa shape index (κ1) is 24.3. The minimum atomic E-state index is -3.95. The van der Waals surface area contributed by atoms with E-state index in [1.807, 2.05) is 0 Å². The van der Waals surface area contributed by atoms with E-state index in [2.05, 4.69) is 10.6 Å². The van der Waals surface area contributed by atoms with E-state index in [4.69, 9.17) is 16.0 Å². The van der Waals surface area contributed by atoms with Crippen LogP contribution >= 0.6 is 11.6 Å². The molecule has 174 valence electrons. The molecule has 0 bridgehead atoms. The van der Waals surface area contributed by atoms with E-state index < -0.39 is 10.0 Å². The van der Waals surface area contributed by atoms with Crippen molar-refractivity contribution in [3.05, 3.63) is 77.7 Å². The fourth-order valence-electron chi connectivity index (χ4n) is 3.15. The number of rotatable bonds is 10. The Morgan fingerprint density at radius 1 is 1.06 bits per heavy atom. The van der Waals surface area contributed by atoms with Crippen LogP contribution < -0.4 is 14.9 Å². The molecule has 8 nitrogen and oxygen atoms in total. The Bertz CT molecular complexity index is 1200. The van der Waals surface area contributed by atoms with Gasteiger partial charge in [-0.1, -0.05) is 29.8 Å². The number of amides is 2. The molecule has 10 heteroatoms. The van der Waals surface area contributed by atoms with Crippen molar-refractivity contribution in [2.75, 3.05) is 22.7 Å². The SMILES string of the molecule is CCN(c1ccccc1)S(=O)(=O)c1cc(NC(=O)CCCNC(=O)c2ccco2)ccc1Cl. The first-order valence-corrected chi connectivity index (χ1v) is 12.1. The van der Waals surface area contributed by atoms with Gasteiger partial charge in [-0.05, 0) is 55.8 Å². The van der Waals surface area contributed by atoms with E-state index in [1.165, 1.54) is 28.8 Å². The highest BCUT2D eigenvalue weighted by Crippen LogP contribution is 2.30. The molecule has 1 heterocycles. The highest BCUT2D eigenvalue weighted by Gasteiger charge is 2.26. The summed E-state index contributed by atoms with van der Waals surface area (Å²) >= 11 is 6.21. The van der Waals surface area contributed by atoms with Crippen molar-refractivity contribution >= 4 is 44.8 Å². The summed E-state index contributed by atoms with van der Waals surface area (Å²) < 4.78 is 32.8. The van der Waals surface area contributed by atoms with Crippen LogP contribution in [0.5, 0.6) is 0 Å². The second kappa shape index (κ2) is 11.0. The van der Waals surface area contributed by atoms with Crippen LogP contribution in [0.3, 0.4) is 0 Å². The van der Waals surface area contributed by atoms with Gasteiger partial charge in [0.2, 0.25) is 5.91 Å². The van der Waals surface area contributed by atoms with Gasteiger partial charge in [0, 0.05) is 25.2 Å². The zero-order chi connectivity index (χ0) is 23.8. The second-order valence-corrected chi connectivity index (χ2v) is 9.27. The standard InChI is InChI=1S/C23H24ClN3O5S/c1-2-27(18-8-4-3-5-9-18)33(30,31)21-16-17(12-13-19(21)24)26-22(28)11-6-14-25-23(29)20-10-7-15-32-20/h3-5,7-10,12-13,15-16H,2,6,11,14H2,1H3,(H,25,29)(H,26,28). The number of para-hydroxylation sites is 1. The van der Waals surface area contributed by atoms with Gasteiger partial charge in [0.1, 0.15) is 4.90 Å². The molecular formula is C23H24ClN3O5S. The first-order valence-electron chi connectivity index (χ1n) is 10.3. The van der Waals surface area contributed by atoms with Crippen LogP contribution in [0, 0.1) is 0 Å². The number of benzene rings is 2. The Kier molecular flexibility index (Phi) is 8.13. The minimum absolute atomic E-state index is 0.0584. The van der Waals surface area contributed by atoms with Crippen LogP contribution in [0.4, 0.5) is 11.4 Å². The largest absolute Gasteiger partial charge is 0.459 e. The molecule has 0 aliphatic carbocycles. The zero-order valence-corrected chi connectivity index (χ0v) is 19.5. The summed E-state index contributed by atoms with van der Waals surface area (Å²) in [5, 5.41) is 5.40. The lowest BCUT2D eigenvalue weighted by molar-refractivity contribution is -0.116. The molecule has 3 rings (SSSR count). The fraction of sp³-hybridized carbons (Fsp3) is 0.217. The van der Waals surface area contributed by atoms with Crippen LogP contribution in [0.15, 0.2) is 76.2 Å². The number of nitrogens with one attached hydrogen (secondary N) is 2. The number of halogens is 1. The molecule has 2 N–H and O–H groups in total. The minimum Gasteiger partial charge on any atom is -0.459 e. The van der Waals surface area contributed by atoms with Crippen molar-refractivity contribution in [2.24, 2.45) is 0 Å². The fourth-order valence-corrected chi connectivity index (χ4v) is 5.13. The summed E-state index contributed by atoms with van der Waals surface area (Å²) in [7, 11) is -3.95. The van der Waals surface area contributed by atoms with Gasteiger partial charge in [0.05, 0.1) is 17.0 Å². The molecule has 0 atom stereocenters. The molecule has 0 spiro atoms. The third kappa shape index (κ3) is 6.15. The summed E-state index contributed by atoms with van der Waals surface area (Å²) in [6.07, 6.45) is 1.94. The van der Waals surface area contributed by atoms with Gasteiger partial charge in [-0.15, -0.1) is 0 Å². The van der Waals surface area contributed by atoms with E-state index in [-0.39, 0.29) is 47.0 Å². The van der Waals surface area contributed by atoms with E-state index in [0.717, 1.165) is 0 Å². The molecule has 0 aliphatic rings. The van der Waals surface area contributed by atoms with Crippen molar-refractivity contribution < 1.29 is 22.4 Å². The van der Waals surface area contributed by atoms with Crippen LogP contribution in [0.25, 0.3) is 0 Å². The van der Waals surface area contributed by atoms with Gasteiger partial charge in [-0.25, -0.2) is 8.42 Å². The van der Waals surface area contributed by atoms with Gasteiger partial charge in [0.25, 0.3) is 15.9 Å². The van der Waals surface area contributed by atoms with Crippen LogP contribution in [-0.2, 0) is 14.8 Å². The third-order valence-electron chi connectivity index (χ3n) is 4.73. The van der Waals surface area contributed by atoms with Crippen LogP contribution in [-0.4, -0.2) is 33.3 Å². The van der Waals surface area contributed by atoms with E-state index in [0.29, 0.717) is 17.8 Å². The van der Waals surface area contributed by atoms with Crippen molar-refractivity contribution in [3.8, 4) is 0 Å². The van der Waals surface area contributed by atoms with Crippen molar-refractivity contribution in [1.29, 1.82) is 0 Å². The zero-order valence-electron chi connectivity index (χ0n) is 18.0. The monoisotopic (exact) mass is 489 g/mol. The molecule has 0 saturated carbocycles. The summed E-state index contributed by atoms with van der Waals surface area (Å²) in [6.45, 7) is 2.23. The summed E-state index contributed by atoms with van der Waals surface area (Å²) in [4.78, 5) is 24.0. The second-order valence-electron chi connectivity index (χ2n) is 7.04.